The van der Waals surface area contributed by atoms with Crippen molar-refractivity contribution in [1.29, 1.82) is 0 Å². The first-order valence-corrected chi connectivity index (χ1v) is 10.3. The molecule has 3 rings (SSSR count). The summed E-state index contributed by atoms with van der Waals surface area (Å²) in [4.78, 5) is 4.58. The Morgan fingerprint density at radius 2 is 2.00 bits per heavy atom. The van der Waals surface area contributed by atoms with Gasteiger partial charge in [-0.2, -0.15) is 0 Å². The molecule has 0 aliphatic carbocycles. The van der Waals surface area contributed by atoms with E-state index in [1.165, 1.54) is 10.6 Å². The summed E-state index contributed by atoms with van der Waals surface area (Å²) in [5.41, 5.74) is 0.758. The molecule has 1 fully saturated rings. The Hall–Kier alpha value is -0.890. The molecule has 1 saturated heterocycles. The lowest BCUT2D eigenvalue weighted by molar-refractivity contribution is 0.331. The zero-order chi connectivity index (χ0) is 16.6. The summed E-state index contributed by atoms with van der Waals surface area (Å²) >= 11 is 9.67. The molecule has 0 unspecified atom stereocenters. The second-order valence-corrected chi connectivity index (χ2v) is 9.04. The monoisotopic (exact) mass is 417 g/mol. The molecule has 1 aromatic heterocycles. The SMILES string of the molecule is CS(=O)(=O)N1CCC(Nc2ccc3cc(Br)cc(Cl)c3n2)CC1. The average molecular weight is 419 g/mol. The molecule has 23 heavy (non-hydrogen) atoms. The number of sulfonamides is 1. The van der Waals surface area contributed by atoms with Crippen LogP contribution in [0.3, 0.4) is 0 Å². The van der Waals surface area contributed by atoms with Gasteiger partial charge in [-0.3, -0.25) is 0 Å². The van der Waals surface area contributed by atoms with Gasteiger partial charge in [-0.25, -0.2) is 17.7 Å². The van der Waals surface area contributed by atoms with Gasteiger partial charge in [-0.05, 0) is 37.1 Å². The highest BCUT2D eigenvalue weighted by atomic mass is 79.9. The summed E-state index contributed by atoms with van der Waals surface area (Å²) in [6, 6.07) is 7.92. The van der Waals surface area contributed by atoms with Gasteiger partial charge in [0.05, 0.1) is 16.8 Å². The minimum absolute atomic E-state index is 0.215. The lowest BCUT2D eigenvalue weighted by Crippen LogP contribution is -2.41. The molecule has 1 aliphatic heterocycles. The van der Waals surface area contributed by atoms with Crippen LogP contribution in [0.25, 0.3) is 10.9 Å². The van der Waals surface area contributed by atoms with Crippen LogP contribution in [-0.2, 0) is 10.0 Å². The first-order valence-electron chi connectivity index (χ1n) is 7.30. The Labute approximate surface area is 149 Å². The fourth-order valence-corrected chi connectivity index (χ4v) is 4.53. The number of halogens is 2. The molecule has 2 heterocycles. The molecular formula is C15H17BrClN3O2S. The number of piperidine rings is 1. The Bertz CT molecular complexity index is 836. The van der Waals surface area contributed by atoms with E-state index in [2.05, 4.69) is 26.2 Å². The predicted octanol–water partition coefficient (Wildman–Crippen LogP) is 3.49. The molecule has 1 aliphatic rings. The molecule has 2 aromatic rings. The molecule has 0 amide bonds. The van der Waals surface area contributed by atoms with E-state index in [1.54, 1.807) is 0 Å². The highest BCUT2D eigenvalue weighted by molar-refractivity contribution is 9.10. The molecule has 0 saturated carbocycles. The molecular weight excluding hydrogens is 402 g/mol. The average Bonchev–Trinajstić information content (AvgIpc) is 2.47. The minimum Gasteiger partial charge on any atom is -0.367 e. The summed E-state index contributed by atoms with van der Waals surface area (Å²) in [7, 11) is -3.09. The van der Waals surface area contributed by atoms with E-state index in [1.807, 2.05) is 24.3 Å². The molecule has 1 N–H and O–H groups in total. The Morgan fingerprint density at radius 3 is 2.65 bits per heavy atom. The number of fused-ring (bicyclic) bond motifs is 1. The number of nitrogens with zero attached hydrogens (tertiary/aromatic N) is 2. The number of hydrogen-bond acceptors (Lipinski definition) is 4. The quantitative estimate of drug-likeness (QED) is 0.829. The van der Waals surface area contributed by atoms with E-state index in [4.69, 9.17) is 11.6 Å². The maximum absolute atomic E-state index is 11.5. The van der Waals surface area contributed by atoms with Crippen LogP contribution in [0.2, 0.25) is 5.02 Å². The molecule has 124 valence electrons. The number of hydrogen-bond donors (Lipinski definition) is 1. The Kier molecular flexibility index (Phi) is 4.83. The third-order valence-corrected chi connectivity index (χ3v) is 6.03. The third-order valence-electron chi connectivity index (χ3n) is 3.99. The second kappa shape index (κ2) is 6.55. The standard InChI is InChI=1S/C15H17BrClN3O2S/c1-23(21,22)20-6-4-12(5-7-20)18-14-3-2-10-8-11(16)9-13(17)15(10)19-14/h2-3,8-9,12H,4-7H2,1H3,(H,18,19). The van der Waals surface area contributed by atoms with Gasteiger partial charge in [-0.1, -0.05) is 27.5 Å². The van der Waals surface area contributed by atoms with E-state index in [-0.39, 0.29) is 6.04 Å². The van der Waals surface area contributed by atoms with Crippen LogP contribution in [0.15, 0.2) is 28.7 Å². The smallest absolute Gasteiger partial charge is 0.211 e. The van der Waals surface area contributed by atoms with Crippen molar-refractivity contribution in [2.75, 3.05) is 24.7 Å². The molecule has 0 spiro atoms. The highest BCUT2D eigenvalue weighted by Crippen LogP contribution is 2.28. The van der Waals surface area contributed by atoms with Crippen LogP contribution in [0, 0.1) is 0 Å². The predicted molar refractivity (Wildman–Crippen MR) is 97.5 cm³/mol. The van der Waals surface area contributed by atoms with Crippen molar-refractivity contribution >= 4 is 54.3 Å². The number of anilines is 1. The fourth-order valence-electron chi connectivity index (χ4n) is 2.78. The minimum atomic E-state index is -3.09. The van der Waals surface area contributed by atoms with Crippen LogP contribution in [0.4, 0.5) is 5.82 Å². The molecule has 0 radical (unpaired) electrons. The van der Waals surface area contributed by atoms with Crippen LogP contribution >= 0.6 is 27.5 Å². The summed E-state index contributed by atoms with van der Waals surface area (Å²) in [5, 5.41) is 4.96. The van der Waals surface area contributed by atoms with Crippen LogP contribution in [0.1, 0.15) is 12.8 Å². The molecule has 1 aromatic carbocycles. The van der Waals surface area contributed by atoms with Crippen molar-refractivity contribution in [2.24, 2.45) is 0 Å². The van der Waals surface area contributed by atoms with Gasteiger partial charge < -0.3 is 5.32 Å². The van der Waals surface area contributed by atoms with Crippen molar-refractivity contribution in [2.45, 2.75) is 18.9 Å². The van der Waals surface area contributed by atoms with Crippen molar-refractivity contribution in [3.63, 3.8) is 0 Å². The largest absolute Gasteiger partial charge is 0.367 e. The second-order valence-electron chi connectivity index (χ2n) is 5.74. The van der Waals surface area contributed by atoms with E-state index >= 15 is 0 Å². The van der Waals surface area contributed by atoms with E-state index in [9.17, 15) is 8.42 Å². The number of rotatable bonds is 3. The van der Waals surface area contributed by atoms with Gasteiger partial charge in [0.1, 0.15) is 5.82 Å². The molecule has 0 atom stereocenters. The molecule has 5 nitrogen and oxygen atoms in total. The van der Waals surface area contributed by atoms with Gasteiger partial charge >= 0.3 is 0 Å². The zero-order valence-corrected chi connectivity index (χ0v) is 15.7. The summed E-state index contributed by atoms with van der Waals surface area (Å²) in [6.07, 6.45) is 2.79. The van der Waals surface area contributed by atoms with E-state index < -0.39 is 10.0 Å². The van der Waals surface area contributed by atoms with Gasteiger partial charge in [0.15, 0.2) is 0 Å². The van der Waals surface area contributed by atoms with Gasteiger partial charge in [0, 0.05) is 29.0 Å². The molecule has 8 heteroatoms. The Morgan fingerprint density at radius 1 is 1.30 bits per heavy atom. The van der Waals surface area contributed by atoms with Gasteiger partial charge in [-0.15, -0.1) is 0 Å². The van der Waals surface area contributed by atoms with Crippen LogP contribution in [-0.4, -0.2) is 43.1 Å². The fraction of sp³-hybridized carbons (Fsp3) is 0.400. The maximum atomic E-state index is 11.5. The Balaban J connectivity index is 1.73. The van der Waals surface area contributed by atoms with Crippen LogP contribution in [0.5, 0.6) is 0 Å². The van der Waals surface area contributed by atoms with Gasteiger partial charge in [0.25, 0.3) is 0 Å². The van der Waals surface area contributed by atoms with Crippen molar-refractivity contribution < 1.29 is 8.42 Å². The highest BCUT2D eigenvalue weighted by Gasteiger charge is 2.24. The number of benzene rings is 1. The number of nitrogens with one attached hydrogen (secondary N) is 1. The summed E-state index contributed by atoms with van der Waals surface area (Å²) < 4.78 is 25.5. The summed E-state index contributed by atoms with van der Waals surface area (Å²) in [5.74, 6) is 0.763. The summed E-state index contributed by atoms with van der Waals surface area (Å²) in [6.45, 7) is 1.08. The third kappa shape index (κ3) is 3.96. The first-order chi connectivity index (χ1) is 10.8. The maximum Gasteiger partial charge on any atom is 0.211 e. The molecule has 0 bridgehead atoms. The number of aromatic nitrogens is 1. The topological polar surface area (TPSA) is 62.3 Å². The first kappa shape index (κ1) is 17.0. The van der Waals surface area contributed by atoms with Gasteiger partial charge in [0.2, 0.25) is 10.0 Å². The van der Waals surface area contributed by atoms with E-state index in [0.29, 0.717) is 18.1 Å². The lowest BCUT2D eigenvalue weighted by atomic mass is 10.1. The van der Waals surface area contributed by atoms with Crippen molar-refractivity contribution in [3.05, 3.63) is 33.8 Å². The zero-order valence-electron chi connectivity index (χ0n) is 12.6. The lowest BCUT2D eigenvalue weighted by Gasteiger charge is -2.30. The van der Waals surface area contributed by atoms with Crippen LogP contribution < -0.4 is 5.32 Å². The normalized spacial score (nSPS) is 17.5. The van der Waals surface area contributed by atoms with Crippen molar-refractivity contribution in [1.82, 2.24) is 9.29 Å². The number of pyridine rings is 1. The van der Waals surface area contributed by atoms with Crippen molar-refractivity contribution in [3.8, 4) is 0 Å². The van der Waals surface area contributed by atoms with E-state index in [0.717, 1.165) is 34.0 Å².